The van der Waals surface area contributed by atoms with E-state index in [-0.39, 0.29) is 6.04 Å². The van der Waals surface area contributed by atoms with Crippen LogP contribution in [0.15, 0.2) is 60.7 Å². The Morgan fingerprint density at radius 1 is 0.840 bits per heavy atom. The average Bonchev–Trinajstić information content (AvgIpc) is 2.62. The number of hydrogen-bond acceptors (Lipinski definition) is 6. The van der Waals surface area contributed by atoms with Gasteiger partial charge in [-0.15, -0.1) is 0 Å². The second kappa shape index (κ2) is 7.63. The number of benzene rings is 2. The maximum absolute atomic E-state index is 5.75. The number of nitrogens with zero attached hydrogens (tertiary/aromatic N) is 2. The van der Waals surface area contributed by atoms with E-state index in [0.717, 1.165) is 22.6 Å². The van der Waals surface area contributed by atoms with Crippen LogP contribution in [0.1, 0.15) is 13.8 Å². The van der Waals surface area contributed by atoms with Crippen LogP contribution >= 0.6 is 0 Å². The fourth-order valence-electron chi connectivity index (χ4n) is 2.53. The highest BCUT2D eigenvalue weighted by Crippen LogP contribution is 2.34. The third kappa shape index (κ3) is 4.05. The van der Waals surface area contributed by atoms with Gasteiger partial charge in [0.05, 0.1) is 5.56 Å². The van der Waals surface area contributed by atoms with Gasteiger partial charge in [0.15, 0.2) is 5.82 Å². The molecule has 0 fully saturated rings. The maximum Gasteiger partial charge on any atom is 0.231 e. The zero-order valence-electron chi connectivity index (χ0n) is 14.3. The number of nitrogens with two attached hydrogens (primary N) is 1. The molecular formula is C19H22N6. The molecule has 0 aliphatic carbocycles. The van der Waals surface area contributed by atoms with E-state index in [9.17, 15) is 0 Å². The lowest BCUT2D eigenvalue weighted by molar-refractivity contribution is 0.888. The minimum absolute atomic E-state index is 0.215. The van der Waals surface area contributed by atoms with Gasteiger partial charge in [0.25, 0.3) is 0 Å². The first-order valence-electron chi connectivity index (χ1n) is 8.20. The van der Waals surface area contributed by atoms with Crippen LogP contribution in [0.3, 0.4) is 0 Å². The quantitative estimate of drug-likeness (QED) is 0.403. The van der Waals surface area contributed by atoms with Crippen LogP contribution in [-0.4, -0.2) is 16.0 Å². The molecule has 0 saturated heterocycles. The van der Waals surface area contributed by atoms with Gasteiger partial charge >= 0.3 is 0 Å². The van der Waals surface area contributed by atoms with Crippen molar-refractivity contribution >= 4 is 23.3 Å². The summed E-state index contributed by atoms with van der Waals surface area (Å²) in [4.78, 5) is 9.20. The van der Waals surface area contributed by atoms with E-state index < -0.39 is 0 Å². The molecule has 0 atom stereocenters. The Labute approximate surface area is 147 Å². The molecule has 0 radical (unpaired) electrons. The van der Waals surface area contributed by atoms with Crippen LogP contribution in [0, 0.1) is 0 Å². The molecule has 0 bridgehead atoms. The van der Waals surface area contributed by atoms with E-state index in [0.29, 0.717) is 11.8 Å². The van der Waals surface area contributed by atoms with Crippen LogP contribution in [0.5, 0.6) is 0 Å². The molecular weight excluding hydrogens is 312 g/mol. The first-order chi connectivity index (χ1) is 12.2. The molecule has 0 aliphatic rings. The fraction of sp³-hybridized carbons (Fsp3) is 0.158. The Hall–Kier alpha value is -3.12. The summed E-state index contributed by atoms with van der Waals surface area (Å²) in [5.41, 5.74) is 5.45. The Kier molecular flexibility index (Phi) is 5.11. The molecule has 0 spiro atoms. The third-order valence-electron chi connectivity index (χ3n) is 3.56. The number of nitrogens with one attached hydrogen (secondary N) is 3. The second-order valence-electron chi connectivity index (χ2n) is 5.92. The van der Waals surface area contributed by atoms with Gasteiger partial charge in [-0.1, -0.05) is 48.5 Å². The molecule has 3 aromatic rings. The summed E-state index contributed by atoms with van der Waals surface area (Å²) in [7, 11) is 0. The molecule has 0 saturated carbocycles. The molecule has 0 amide bonds. The number of rotatable bonds is 6. The average molecular weight is 334 g/mol. The number of aromatic nitrogens is 2. The van der Waals surface area contributed by atoms with E-state index in [4.69, 9.17) is 5.84 Å². The molecule has 0 unspecified atom stereocenters. The predicted molar refractivity (Wildman–Crippen MR) is 104 cm³/mol. The lowest BCUT2D eigenvalue weighted by atomic mass is 10.1. The van der Waals surface area contributed by atoms with E-state index in [2.05, 4.69) is 39.9 Å². The van der Waals surface area contributed by atoms with Crippen LogP contribution in [0.2, 0.25) is 0 Å². The van der Waals surface area contributed by atoms with Gasteiger partial charge in [0.2, 0.25) is 5.95 Å². The first-order valence-corrected chi connectivity index (χ1v) is 8.20. The highest BCUT2D eigenvalue weighted by atomic mass is 15.3. The monoisotopic (exact) mass is 334 g/mol. The highest BCUT2D eigenvalue weighted by Gasteiger charge is 2.16. The summed E-state index contributed by atoms with van der Waals surface area (Å²) < 4.78 is 0. The van der Waals surface area contributed by atoms with Crippen molar-refractivity contribution in [2.24, 2.45) is 5.84 Å². The molecule has 6 nitrogen and oxygen atoms in total. The molecule has 3 rings (SSSR count). The van der Waals surface area contributed by atoms with Crippen LogP contribution in [0.4, 0.5) is 23.3 Å². The lowest BCUT2D eigenvalue weighted by Crippen LogP contribution is -2.17. The van der Waals surface area contributed by atoms with Gasteiger partial charge in [-0.3, -0.25) is 0 Å². The van der Waals surface area contributed by atoms with Crippen molar-refractivity contribution in [3.05, 3.63) is 60.7 Å². The minimum Gasteiger partial charge on any atom is -0.367 e. The van der Waals surface area contributed by atoms with Crippen LogP contribution in [-0.2, 0) is 0 Å². The van der Waals surface area contributed by atoms with E-state index in [1.54, 1.807) is 0 Å². The predicted octanol–water partition coefficient (Wildman–Crippen LogP) is 3.99. The minimum atomic E-state index is 0.215. The highest BCUT2D eigenvalue weighted by molar-refractivity contribution is 5.85. The number of para-hydroxylation sites is 1. The first kappa shape index (κ1) is 16.7. The molecule has 25 heavy (non-hydrogen) atoms. The zero-order valence-corrected chi connectivity index (χ0v) is 14.3. The van der Waals surface area contributed by atoms with Gasteiger partial charge < -0.3 is 16.1 Å². The number of anilines is 4. The summed E-state index contributed by atoms with van der Waals surface area (Å²) in [6.45, 7) is 4.13. The van der Waals surface area contributed by atoms with Crippen molar-refractivity contribution in [2.75, 3.05) is 16.1 Å². The summed E-state index contributed by atoms with van der Waals surface area (Å²) in [5, 5.41) is 6.60. The van der Waals surface area contributed by atoms with Crippen LogP contribution < -0.4 is 21.9 Å². The smallest absolute Gasteiger partial charge is 0.231 e. The van der Waals surface area contributed by atoms with E-state index >= 15 is 0 Å². The summed E-state index contributed by atoms with van der Waals surface area (Å²) in [5.74, 6) is 7.51. The molecule has 2 aromatic carbocycles. The molecule has 128 valence electrons. The van der Waals surface area contributed by atoms with Crippen molar-refractivity contribution < 1.29 is 0 Å². The largest absolute Gasteiger partial charge is 0.367 e. The van der Waals surface area contributed by atoms with Crippen LogP contribution in [0.25, 0.3) is 11.1 Å². The molecule has 5 N–H and O–H groups in total. The number of hydrogen-bond donors (Lipinski definition) is 4. The normalized spacial score (nSPS) is 10.6. The van der Waals surface area contributed by atoms with Gasteiger partial charge in [-0.05, 0) is 31.5 Å². The zero-order chi connectivity index (χ0) is 17.6. The number of hydrazine groups is 1. The van der Waals surface area contributed by atoms with Crippen molar-refractivity contribution in [3.8, 4) is 11.1 Å². The van der Waals surface area contributed by atoms with Gasteiger partial charge in [-0.25, -0.2) is 5.84 Å². The Balaban J connectivity index is 2.08. The summed E-state index contributed by atoms with van der Waals surface area (Å²) in [6.07, 6.45) is 0. The Bertz CT molecular complexity index is 818. The standard InChI is InChI=1S/C19H22N6/c1-13(2)21-17-16(14-9-5-3-6-10-14)18(25-20)24-19(23-17)22-15-11-7-4-8-12-15/h3-13H,20H2,1-2H3,(H3,21,22,23,24,25). The van der Waals surface area contributed by atoms with E-state index in [1.165, 1.54) is 0 Å². The molecule has 1 aromatic heterocycles. The third-order valence-corrected chi connectivity index (χ3v) is 3.56. The van der Waals surface area contributed by atoms with Crippen molar-refractivity contribution in [3.63, 3.8) is 0 Å². The Morgan fingerprint density at radius 3 is 2.04 bits per heavy atom. The second-order valence-corrected chi connectivity index (χ2v) is 5.92. The fourth-order valence-corrected chi connectivity index (χ4v) is 2.53. The molecule has 0 aliphatic heterocycles. The van der Waals surface area contributed by atoms with E-state index in [1.807, 2.05) is 60.7 Å². The summed E-state index contributed by atoms with van der Waals surface area (Å²) in [6, 6.07) is 19.9. The number of nitrogen functional groups attached to an aromatic ring is 1. The van der Waals surface area contributed by atoms with Gasteiger partial charge in [-0.2, -0.15) is 9.97 Å². The molecule has 1 heterocycles. The van der Waals surface area contributed by atoms with Gasteiger partial charge in [0, 0.05) is 11.7 Å². The maximum atomic E-state index is 5.75. The van der Waals surface area contributed by atoms with Crippen molar-refractivity contribution in [1.82, 2.24) is 9.97 Å². The lowest BCUT2D eigenvalue weighted by Gasteiger charge is -2.18. The molecule has 6 heteroatoms. The van der Waals surface area contributed by atoms with Crippen molar-refractivity contribution in [1.29, 1.82) is 0 Å². The topological polar surface area (TPSA) is 87.9 Å². The Morgan fingerprint density at radius 2 is 1.44 bits per heavy atom. The van der Waals surface area contributed by atoms with Crippen molar-refractivity contribution in [2.45, 2.75) is 19.9 Å². The van der Waals surface area contributed by atoms with Gasteiger partial charge in [0.1, 0.15) is 5.82 Å². The SMILES string of the molecule is CC(C)Nc1nc(Nc2ccccc2)nc(NN)c1-c1ccccc1. The summed E-state index contributed by atoms with van der Waals surface area (Å²) >= 11 is 0.